The molecule has 1 atom stereocenters. The molecule has 0 fully saturated rings. The van der Waals surface area contributed by atoms with Crippen LogP contribution in [0.4, 0.5) is 10.1 Å². The minimum atomic E-state index is -0.577. The lowest BCUT2D eigenvalue weighted by molar-refractivity contribution is -0.115. The standard InChI is InChI=1S/C17H13ClFN3OS3/c1-10(15(23)20-14-8-7-11(18)9-13(14)19)25-16-21-22(17(24)26-16)12-5-3-2-4-6-12/h2-10H,1H3,(H,20,23). The fraction of sp³-hybridized carbons (Fsp3) is 0.118. The number of nitrogens with one attached hydrogen (secondary N) is 1. The Hall–Kier alpha value is -1.74. The van der Waals surface area contributed by atoms with Crippen molar-refractivity contribution in [2.45, 2.75) is 16.5 Å². The van der Waals surface area contributed by atoms with Crippen LogP contribution in [0.3, 0.4) is 0 Å². The van der Waals surface area contributed by atoms with Crippen LogP contribution < -0.4 is 5.32 Å². The topological polar surface area (TPSA) is 46.9 Å². The van der Waals surface area contributed by atoms with Gasteiger partial charge in [0.25, 0.3) is 0 Å². The monoisotopic (exact) mass is 425 g/mol. The summed E-state index contributed by atoms with van der Waals surface area (Å²) in [5.74, 6) is -0.907. The molecule has 0 bridgehead atoms. The van der Waals surface area contributed by atoms with E-state index >= 15 is 0 Å². The van der Waals surface area contributed by atoms with Crippen molar-refractivity contribution in [2.24, 2.45) is 0 Å². The van der Waals surface area contributed by atoms with Crippen molar-refractivity contribution in [3.8, 4) is 5.69 Å². The van der Waals surface area contributed by atoms with Gasteiger partial charge in [-0.3, -0.25) is 4.79 Å². The number of hydrogen-bond donors (Lipinski definition) is 1. The number of anilines is 1. The number of benzene rings is 2. The minimum absolute atomic E-state index is 0.0919. The van der Waals surface area contributed by atoms with E-state index in [0.717, 1.165) is 11.8 Å². The summed E-state index contributed by atoms with van der Waals surface area (Å²) in [4.78, 5) is 12.3. The lowest BCUT2D eigenvalue weighted by Crippen LogP contribution is -2.22. The molecule has 1 unspecified atom stereocenters. The van der Waals surface area contributed by atoms with Gasteiger partial charge in [-0.25, -0.2) is 9.07 Å². The van der Waals surface area contributed by atoms with E-state index in [0.29, 0.717) is 8.29 Å². The van der Waals surface area contributed by atoms with Crippen LogP contribution in [0.2, 0.25) is 5.02 Å². The Morgan fingerprint density at radius 3 is 2.77 bits per heavy atom. The average Bonchev–Trinajstić information content (AvgIpc) is 2.98. The predicted molar refractivity (Wildman–Crippen MR) is 108 cm³/mol. The Labute approximate surface area is 168 Å². The number of nitrogens with zero attached hydrogens (tertiary/aromatic N) is 2. The fourth-order valence-electron chi connectivity index (χ4n) is 2.07. The van der Waals surface area contributed by atoms with Crippen molar-refractivity contribution in [1.29, 1.82) is 0 Å². The normalized spacial score (nSPS) is 12.0. The van der Waals surface area contributed by atoms with Crippen molar-refractivity contribution < 1.29 is 9.18 Å². The molecule has 1 aromatic heterocycles. The molecular formula is C17H13ClFN3OS3. The van der Waals surface area contributed by atoms with E-state index in [9.17, 15) is 9.18 Å². The van der Waals surface area contributed by atoms with Crippen LogP contribution in [0.5, 0.6) is 0 Å². The Morgan fingerprint density at radius 1 is 1.35 bits per heavy atom. The first-order chi connectivity index (χ1) is 12.4. The van der Waals surface area contributed by atoms with Crippen LogP contribution in [0.25, 0.3) is 5.69 Å². The van der Waals surface area contributed by atoms with Gasteiger partial charge in [0, 0.05) is 5.02 Å². The van der Waals surface area contributed by atoms with E-state index in [1.54, 1.807) is 11.6 Å². The largest absolute Gasteiger partial charge is 0.323 e. The van der Waals surface area contributed by atoms with Crippen LogP contribution in [-0.4, -0.2) is 20.9 Å². The number of carbonyl (C=O) groups is 1. The van der Waals surface area contributed by atoms with E-state index in [-0.39, 0.29) is 16.6 Å². The summed E-state index contributed by atoms with van der Waals surface area (Å²) in [5.41, 5.74) is 0.954. The van der Waals surface area contributed by atoms with Gasteiger partial charge in [-0.05, 0) is 49.5 Å². The van der Waals surface area contributed by atoms with Gasteiger partial charge < -0.3 is 5.32 Å². The molecule has 2 aromatic carbocycles. The van der Waals surface area contributed by atoms with E-state index in [1.807, 2.05) is 30.3 Å². The molecule has 3 rings (SSSR count). The summed E-state index contributed by atoms with van der Waals surface area (Å²) >= 11 is 13.7. The minimum Gasteiger partial charge on any atom is -0.323 e. The van der Waals surface area contributed by atoms with Gasteiger partial charge in [-0.15, -0.1) is 5.10 Å². The fourth-order valence-corrected chi connectivity index (χ4v) is 4.73. The van der Waals surface area contributed by atoms with Gasteiger partial charge in [0.2, 0.25) is 5.91 Å². The van der Waals surface area contributed by atoms with Gasteiger partial charge in [0.05, 0.1) is 16.6 Å². The SMILES string of the molecule is CC(Sc1nn(-c2ccccc2)c(=S)s1)C(=O)Nc1ccc(Cl)cc1F. The van der Waals surface area contributed by atoms with E-state index in [4.69, 9.17) is 23.8 Å². The smallest absolute Gasteiger partial charge is 0.237 e. The van der Waals surface area contributed by atoms with Crippen LogP contribution in [0.1, 0.15) is 6.92 Å². The molecule has 1 N–H and O–H groups in total. The molecule has 0 saturated carbocycles. The molecule has 0 aliphatic heterocycles. The van der Waals surface area contributed by atoms with Gasteiger partial charge in [0.1, 0.15) is 5.82 Å². The number of para-hydroxylation sites is 1. The number of hydrogen-bond acceptors (Lipinski definition) is 5. The first-order valence-corrected chi connectivity index (χ1v) is 10.0. The third-order valence-electron chi connectivity index (χ3n) is 3.37. The highest BCUT2D eigenvalue weighted by atomic mass is 35.5. The molecule has 26 heavy (non-hydrogen) atoms. The van der Waals surface area contributed by atoms with Crippen LogP contribution >= 0.6 is 46.9 Å². The first-order valence-electron chi connectivity index (χ1n) is 7.52. The number of thioether (sulfide) groups is 1. The van der Waals surface area contributed by atoms with Gasteiger partial charge in [0.15, 0.2) is 8.29 Å². The number of rotatable bonds is 5. The molecule has 134 valence electrons. The third kappa shape index (κ3) is 4.50. The molecule has 1 amide bonds. The molecule has 0 aliphatic rings. The molecule has 9 heteroatoms. The molecule has 0 aliphatic carbocycles. The summed E-state index contributed by atoms with van der Waals surface area (Å²) < 4.78 is 16.7. The summed E-state index contributed by atoms with van der Waals surface area (Å²) in [6.45, 7) is 1.73. The molecule has 0 spiro atoms. The molecule has 0 saturated heterocycles. The zero-order valence-electron chi connectivity index (χ0n) is 13.5. The Bertz CT molecular complexity index is 990. The Morgan fingerprint density at radius 2 is 2.08 bits per heavy atom. The number of aromatic nitrogens is 2. The zero-order chi connectivity index (χ0) is 18.7. The number of carbonyl (C=O) groups excluding carboxylic acids is 1. The van der Waals surface area contributed by atoms with E-state index in [2.05, 4.69) is 10.4 Å². The van der Waals surface area contributed by atoms with Crippen molar-refractivity contribution in [2.75, 3.05) is 5.32 Å². The molecule has 4 nitrogen and oxygen atoms in total. The molecular weight excluding hydrogens is 413 g/mol. The molecule has 1 heterocycles. The summed E-state index contributed by atoms with van der Waals surface area (Å²) in [6.07, 6.45) is 0. The van der Waals surface area contributed by atoms with Gasteiger partial charge in [-0.1, -0.05) is 52.9 Å². The number of amides is 1. The second-order valence-corrected chi connectivity index (χ2v) is 8.90. The van der Waals surface area contributed by atoms with Crippen molar-refractivity contribution in [3.05, 3.63) is 63.3 Å². The lowest BCUT2D eigenvalue weighted by atomic mass is 10.3. The maximum absolute atomic E-state index is 13.8. The number of halogens is 2. The van der Waals surface area contributed by atoms with E-state index < -0.39 is 11.1 Å². The Kier molecular flexibility index (Phi) is 6.08. The maximum Gasteiger partial charge on any atom is 0.237 e. The molecule has 0 radical (unpaired) electrons. The van der Waals surface area contributed by atoms with Gasteiger partial charge in [-0.2, -0.15) is 0 Å². The second-order valence-electron chi connectivity index (χ2n) is 5.25. The van der Waals surface area contributed by atoms with Crippen molar-refractivity contribution in [1.82, 2.24) is 9.78 Å². The highest BCUT2D eigenvalue weighted by molar-refractivity contribution is 8.02. The lowest BCUT2D eigenvalue weighted by Gasteiger charge is -2.11. The summed E-state index contributed by atoms with van der Waals surface area (Å²) in [6, 6.07) is 13.6. The highest BCUT2D eigenvalue weighted by Gasteiger charge is 2.19. The third-order valence-corrected chi connectivity index (χ3v) is 6.02. The quantitative estimate of drug-likeness (QED) is 0.428. The second kappa shape index (κ2) is 8.30. The maximum atomic E-state index is 13.8. The van der Waals surface area contributed by atoms with Crippen LogP contribution in [0.15, 0.2) is 52.9 Å². The molecule has 3 aromatic rings. The average molecular weight is 426 g/mol. The van der Waals surface area contributed by atoms with Crippen molar-refractivity contribution in [3.63, 3.8) is 0 Å². The van der Waals surface area contributed by atoms with Crippen LogP contribution in [0, 0.1) is 9.77 Å². The van der Waals surface area contributed by atoms with Crippen molar-refractivity contribution >= 4 is 58.5 Å². The zero-order valence-corrected chi connectivity index (χ0v) is 16.7. The van der Waals surface area contributed by atoms with E-state index in [1.165, 1.54) is 35.2 Å². The summed E-state index contributed by atoms with van der Waals surface area (Å²) in [7, 11) is 0. The highest BCUT2D eigenvalue weighted by Crippen LogP contribution is 2.29. The van der Waals surface area contributed by atoms with Crippen LogP contribution in [-0.2, 0) is 4.79 Å². The van der Waals surface area contributed by atoms with Gasteiger partial charge >= 0.3 is 0 Å². The first kappa shape index (κ1) is 19.0. The Balaban J connectivity index is 1.71. The predicted octanol–water partition coefficient (Wildman–Crippen LogP) is 5.58. The summed E-state index contributed by atoms with van der Waals surface area (Å²) in [5, 5.41) is 6.82.